The molecule has 1 aromatic carbocycles. The molecular weight excluding hydrogens is 959 g/mol. The lowest BCUT2D eigenvalue weighted by Crippen LogP contribution is -2.37. The highest BCUT2D eigenvalue weighted by Gasteiger charge is 2.33. The molecule has 3 rings (SSSR count). The van der Waals surface area contributed by atoms with Crippen molar-refractivity contribution < 1.29 is 105 Å². The van der Waals surface area contributed by atoms with E-state index in [1.807, 2.05) is 30.3 Å². The van der Waals surface area contributed by atoms with Crippen molar-refractivity contribution >= 4 is 47.4 Å². The monoisotopic (exact) mass is 1030 g/mol. The number of esters is 1. The van der Waals surface area contributed by atoms with Gasteiger partial charge in [-0.2, -0.15) is 0 Å². The maximum absolute atomic E-state index is 13.1. The lowest BCUT2D eigenvalue weighted by Gasteiger charge is -2.23. The molecule has 0 unspecified atom stereocenters. The molecular formula is C47H71N3O22. The van der Waals surface area contributed by atoms with E-state index in [4.69, 9.17) is 66.5 Å². The Bertz CT molecular complexity index is 1610. The van der Waals surface area contributed by atoms with Crippen LogP contribution in [0.25, 0.3) is 0 Å². The third-order valence-electron chi connectivity index (χ3n) is 9.79. The average molecular weight is 1030 g/mol. The number of hydrogen-bond acceptors (Lipinski definition) is 22. The second kappa shape index (κ2) is 40.4. The van der Waals surface area contributed by atoms with Gasteiger partial charge < -0.3 is 71.4 Å². The summed E-state index contributed by atoms with van der Waals surface area (Å²) in [5.74, 6) is -4.12. The number of imide groups is 2. The molecule has 0 bridgehead atoms. The first-order chi connectivity index (χ1) is 35.1. The highest BCUT2D eigenvalue weighted by molar-refractivity contribution is 6.02. The Morgan fingerprint density at radius 1 is 0.375 bits per heavy atom. The van der Waals surface area contributed by atoms with Crippen molar-refractivity contribution in [3.05, 3.63) is 35.9 Å². The van der Waals surface area contributed by atoms with Crippen LogP contribution in [-0.2, 0) is 111 Å². The smallest absolute Gasteiger partial charge is 0.335 e. The molecule has 2 saturated heterocycles. The molecule has 0 N–H and O–H groups in total. The van der Waals surface area contributed by atoms with Crippen LogP contribution in [0.2, 0.25) is 0 Å². The van der Waals surface area contributed by atoms with Crippen molar-refractivity contribution in [3.63, 3.8) is 0 Å². The molecule has 0 atom stereocenters. The normalized spacial score (nSPS) is 13.6. The molecule has 0 aliphatic carbocycles. The quantitative estimate of drug-likeness (QED) is 0.0489. The Hall–Kier alpha value is -5.06. The Morgan fingerprint density at radius 3 is 1.01 bits per heavy atom. The van der Waals surface area contributed by atoms with E-state index in [1.165, 1.54) is 0 Å². The summed E-state index contributed by atoms with van der Waals surface area (Å²) >= 11 is 0. The maximum atomic E-state index is 13.1. The molecule has 25 nitrogen and oxygen atoms in total. The predicted octanol–water partition coefficient (Wildman–Crippen LogP) is 0.516. The largest absolute Gasteiger partial charge is 0.461 e. The van der Waals surface area contributed by atoms with Crippen LogP contribution in [-0.4, -0.2) is 221 Å². The standard InChI is InChI=1S/C47H71N3O22/c51-40(10-16-59-22-28-65-29-23-60-17-11-45(56)70-38-39-4-2-1-3-5-39)48(14-20-63-26-32-68-36-34-66-30-24-61-18-12-46(57)71-49-41(52)6-7-42(49)53)15-21-64-27-33-69-37-35-67-31-25-62-19-13-47(58)72-50-43(54)8-9-44(50)55/h1-5H,6-38H2. The maximum Gasteiger partial charge on any atom is 0.335 e. The number of carbonyl (C=O) groups is 8. The van der Waals surface area contributed by atoms with Gasteiger partial charge in [0.2, 0.25) is 5.91 Å². The second-order valence-electron chi connectivity index (χ2n) is 15.4. The summed E-state index contributed by atoms with van der Waals surface area (Å²) in [6, 6.07) is 9.42. The van der Waals surface area contributed by atoms with Crippen LogP contribution in [0, 0.1) is 0 Å². The summed E-state index contributed by atoms with van der Waals surface area (Å²) in [7, 11) is 0. The van der Waals surface area contributed by atoms with E-state index in [0.29, 0.717) is 95.9 Å². The minimum atomic E-state index is -0.738. The number of hydroxylamine groups is 4. The third kappa shape index (κ3) is 30.1. The van der Waals surface area contributed by atoms with Crippen LogP contribution in [0.1, 0.15) is 56.9 Å². The molecule has 2 aliphatic heterocycles. The van der Waals surface area contributed by atoms with E-state index in [2.05, 4.69) is 0 Å². The van der Waals surface area contributed by atoms with Gasteiger partial charge in [-0.05, 0) is 5.56 Å². The van der Waals surface area contributed by atoms with Crippen molar-refractivity contribution in [1.82, 2.24) is 15.0 Å². The van der Waals surface area contributed by atoms with Crippen LogP contribution in [0.5, 0.6) is 0 Å². The third-order valence-corrected chi connectivity index (χ3v) is 9.79. The number of rotatable bonds is 46. The summed E-state index contributed by atoms with van der Waals surface area (Å²) in [5.41, 5.74) is 0.914. The molecule has 2 heterocycles. The van der Waals surface area contributed by atoms with Gasteiger partial charge in [-0.3, -0.25) is 28.8 Å². The Kier molecular flexibility index (Phi) is 34.4. The zero-order valence-electron chi connectivity index (χ0n) is 41.0. The van der Waals surface area contributed by atoms with Crippen molar-refractivity contribution in [2.45, 2.75) is 58.0 Å². The second-order valence-corrected chi connectivity index (χ2v) is 15.4. The fourth-order valence-electron chi connectivity index (χ4n) is 5.98. The molecule has 5 amide bonds. The van der Waals surface area contributed by atoms with Gasteiger partial charge in [-0.15, -0.1) is 10.1 Å². The van der Waals surface area contributed by atoms with E-state index in [0.717, 1.165) is 5.56 Å². The van der Waals surface area contributed by atoms with Gasteiger partial charge in [-0.25, -0.2) is 9.59 Å². The van der Waals surface area contributed by atoms with E-state index < -0.39 is 35.6 Å². The summed E-state index contributed by atoms with van der Waals surface area (Å²) in [4.78, 5) is 106. The van der Waals surface area contributed by atoms with Gasteiger partial charge in [0.05, 0.1) is 171 Å². The van der Waals surface area contributed by atoms with Crippen LogP contribution < -0.4 is 0 Å². The van der Waals surface area contributed by atoms with Crippen LogP contribution in [0.4, 0.5) is 0 Å². The van der Waals surface area contributed by atoms with E-state index in [-0.39, 0.29) is 143 Å². The molecule has 72 heavy (non-hydrogen) atoms. The molecule has 2 fully saturated rings. The van der Waals surface area contributed by atoms with Gasteiger partial charge >= 0.3 is 17.9 Å². The first-order valence-electron chi connectivity index (χ1n) is 24.1. The minimum Gasteiger partial charge on any atom is -0.461 e. The molecule has 25 heteroatoms. The van der Waals surface area contributed by atoms with Gasteiger partial charge in [-0.1, -0.05) is 30.3 Å². The average Bonchev–Trinajstić information content (AvgIpc) is 3.87. The number of carbonyl (C=O) groups excluding carboxylic acids is 8. The summed E-state index contributed by atoms with van der Waals surface area (Å²) in [6.07, 6.45) is 0.131. The number of ether oxygens (including phenoxy) is 12. The number of amides is 5. The number of benzene rings is 1. The Morgan fingerprint density at radius 2 is 0.667 bits per heavy atom. The molecule has 2 aliphatic rings. The van der Waals surface area contributed by atoms with Crippen molar-refractivity contribution in [2.75, 3.05) is 158 Å². The van der Waals surface area contributed by atoms with E-state index >= 15 is 0 Å². The lowest BCUT2D eigenvalue weighted by molar-refractivity contribution is -0.198. The van der Waals surface area contributed by atoms with Gasteiger partial charge in [0.1, 0.15) is 6.61 Å². The molecule has 1 aromatic rings. The number of nitrogens with zero attached hydrogens (tertiary/aromatic N) is 3. The van der Waals surface area contributed by atoms with E-state index in [9.17, 15) is 38.4 Å². The molecule has 406 valence electrons. The van der Waals surface area contributed by atoms with Gasteiger partial charge in [0, 0.05) is 38.8 Å². The highest BCUT2D eigenvalue weighted by atomic mass is 16.7. The van der Waals surface area contributed by atoms with Crippen LogP contribution in [0.15, 0.2) is 30.3 Å². The molecule has 0 aromatic heterocycles. The first kappa shape index (κ1) is 61.2. The molecule has 0 radical (unpaired) electrons. The highest BCUT2D eigenvalue weighted by Crippen LogP contribution is 2.14. The summed E-state index contributed by atoms with van der Waals surface area (Å²) < 4.78 is 65.8. The lowest BCUT2D eigenvalue weighted by atomic mass is 10.2. The fraction of sp³-hybridized carbons (Fsp3) is 0.702. The van der Waals surface area contributed by atoms with E-state index in [1.54, 1.807) is 4.90 Å². The zero-order valence-corrected chi connectivity index (χ0v) is 41.0. The first-order valence-corrected chi connectivity index (χ1v) is 24.1. The van der Waals surface area contributed by atoms with Gasteiger partial charge in [0.15, 0.2) is 0 Å². The SMILES string of the molecule is O=C(CCOCCOCCOCCC(=O)N(CCOCCOCCOCCOCCC(=O)ON1C(=O)CCC1=O)CCOCCOCCOCCOCCC(=O)ON1C(=O)CCC1=O)OCc1ccccc1. The zero-order chi connectivity index (χ0) is 51.7. The van der Waals surface area contributed by atoms with Crippen molar-refractivity contribution in [1.29, 1.82) is 0 Å². The fourth-order valence-corrected chi connectivity index (χ4v) is 5.98. The number of hydrogen-bond donors (Lipinski definition) is 0. The Labute approximate surface area is 418 Å². The van der Waals surface area contributed by atoms with Crippen LogP contribution >= 0.6 is 0 Å². The summed E-state index contributed by atoms with van der Waals surface area (Å²) in [5, 5.41) is 0.993. The predicted molar refractivity (Wildman–Crippen MR) is 245 cm³/mol. The minimum absolute atomic E-state index is 0.0253. The van der Waals surface area contributed by atoms with Crippen molar-refractivity contribution in [2.24, 2.45) is 0 Å². The van der Waals surface area contributed by atoms with Crippen molar-refractivity contribution in [3.8, 4) is 0 Å². The van der Waals surface area contributed by atoms with Gasteiger partial charge in [0.25, 0.3) is 23.6 Å². The Balaban J connectivity index is 1.18. The summed E-state index contributed by atoms with van der Waals surface area (Å²) in [6.45, 7) is 6.46. The van der Waals surface area contributed by atoms with Crippen LogP contribution in [0.3, 0.4) is 0 Å². The molecule has 0 saturated carbocycles. The molecule has 0 spiro atoms. The topological polar surface area (TPSA) is 276 Å².